The molecule has 0 unspecified atom stereocenters. The van der Waals surface area contributed by atoms with Crippen molar-refractivity contribution in [3.05, 3.63) is 44.6 Å². The number of methoxy groups -OCH3 is 1. The van der Waals surface area contributed by atoms with Crippen molar-refractivity contribution >= 4 is 12.1 Å². The zero-order chi connectivity index (χ0) is 27.2. The maximum absolute atomic E-state index is 12.2. The van der Waals surface area contributed by atoms with Gasteiger partial charge in [0.2, 0.25) is 6.54 Å². The predicted octanol–water partition coefficient (Wildman–Crippen LogP) is 4.26. The Morgan fingerprint density at radius 3 is 2.59 bits per heavy atom. The van der Waals surface area contributed by atoms with E-state index < -0.39 is 17.7 Å². The van der Waals surface area contributed by atoms with Crippen LogP contribution in [-0.4, -0.2) is 57.7 Å². The highest BCUT2D eigenvalue weighted by molar-refractivity contribution is 5.91. The number of benzene rings is 1. The second-order valence-electron chi connectivity index (χ2n) is 10.2. The van der Waals surface area contributed by atoms with Crippen LogP contribution in [0, 0.1) is 10.1 Å². The third-order valence-corrected chi connectivity index (χ3v) is 6.16. The largest absolute Gasteiger partial charge is 0.496 e. The second kappa shape index (κ2) is 12.1. The molecular weight excluding hydrogens is 480 g/mol. The number of aryl methyl sites for hydroxylation is 3. The lowest BCUT2D eigenvalue weighted by Gasteiger charge is -2.19. The highest BCUT2D eigenvalue weighted by Gasteiger charge is 2.29. The summed E-state index contributed by atoms with van der Waals surface area (Å²) in [5.74, 6) is -0.264. The Labute approximate surface area is 216 Å². The van der Waals surface area contributed by atoms with Crippen LogP contribution < -0.4 is 10.1 Å². The molecule has 0 atom stereocenters. The Balaban J connectivity index is 1.77. The number of nitrogens with one attached hydrogen (secondary N) is 1. The van der Waals surface area contributed by atoms with Crippen molar-refractivity contribution in [2.75, 3.05) is 20.2 Å². The number of rotatable bonds is 12. The van der Waals surface area contributed by atoms with Crippen molar-refractivity contribution in [1.82, 2.24) is 15.1 Å². The van der Waals surface area contributed by atoms with Gasteiger partial charge in [-0.3, -0.25) is 14.8 Å². The summed E-state index contributed by atoms with van der Waals surface area (Å²) in [5, 5.41) is 27.9. The monoisotopic (exact) mass is 516 g/mol. The van der Waals surface area contributed by atoms with E-state index in [1.54, 1.807) is 27.9 Å². The predicted molar refractivity (Wildman–Crippen MR) is 137 cm³/mol. The Morgan fingerprint density at radius 1 is 1.19 bits per heavy atom. The molecule has 37 heavy (non-hydrogen) atoms. The molecule has 202 valence electrons. The van der Waals surface area contributed by atoms with Gasteiger partial charge in [-0.1, -0.05) is 0 Å². The minimum absolute atomic E-state index is 0.0343. The van der Waals surface area contributed by atoms with E-state index in [-0.39, 0.29) is 17.2 Å². The molecule has 0 aliphatic heterocycles. The van der Waals surface area contributed by atoms with Gasteiger partial charge in [-0.15, -0.1) is 0 Å². The lowest BCUT2D eigenvalue weighted by molar-refractivity contribution is -0.480. The van der Waals surface area contributed by atoms with Gasteiger partial charge < -0.3 is 19.9 Å². The molecule has 11 nitrogen and oxygen atoms in total. The maximum atomic E-state index is 12.2. The van der Waals surface area contributed by atoms with Gasteiger partial charge >= 0.3 is 12.1 Å². The number of carbonyl (C=O) groups excluding carboxylic acids is 1. The molecule has 1 aromatic heterocycles. The highest BCUT2D eigenvalue weighted by Crippen LogP contribution is 2.38. The topological polar surface area (TPSA) is 146 Å². The van der Waals surface area contributed by atoms with Gasteiger partial charge in [0.25, 0.3) is 0 Å². The number of carboxylic acid groups (broad SMARTS) is 1. The zero-order valence-electron chi connectivity index (χ0n) is 22.0. The molecule has 1 heterocycles. The molecule has 0 saturated carbocycles. The van der Waals surface area contributed by atoms with E-state index in [4.69, 9.17) is 14.6 Å². The fraction of sp³-hybridized carbons (Fsp3) is 0.577. The lowest BCUT2D eigenvalue weighted by atomic mass is 9.86. The van der Waals surface area contributed by atoms with E-state index >= 15 is 0 Å². The van der Waals surface area contributed by atoms with Crippen LogP contribution in [0.4, 0.5) is 4.79 Å². The van der Waals surface area contributed by atoms with Crippen LogP contribution in [0.2, 0.25) is 0 Å². The van der Waals surface area contributed by atoms with Crippen molar-refractivity contribution in [2.45, 2.75) is 77.9 Å². The molecule has 1 aliphatic rings. The van der Waals surface area contributed by atoms with Gasteiger partial charge in [-0.25, -0.2) is 9.59 Å². The molecule has 1 aliphatic carbocycles. The molecule has 0 spiro atoms. The summed E-state index contributed by atoms with van der Waals surface area (Å²) in [7, 11) is 1.62. The van der Waals surface area contributed by atoms with Crippen LogP contribution in [0.25, 0.3) is 11.3 Å². The van der Waals surface area contributed by atoms with Gasteiger partial charge in [0.05, 0.1) is 12.8 Å². The summed E-state index contributed by atoms with van der Waals surface area (Å²) in [4.78, 5) is 34.3. The summed E-state index contributed by atoms with van der Waals surface area (Å²) in [5.41, 5.74) is 3.88. The van der Waals surface area contributed by atoms with E-state index in [1.165, 1.54) is 4.68 Å². The summed E-state index contributed by atoms with van der Waals surface area (Å²) in [6.07, 6.45) is 3.96. The number of hydrogen-bond donors (Lipinski definition) is 2. The average Bonchev–Trinajstić information content (AvgIpc) is 3.19. The molecule has 0 fully saturated rings. The molecule has 1 aromatic carbocycles. The number of alkyl carbamates (subject to hydrolysis) is 1. The van der Waals surface area contributed by atoms with Crippen LogP contribution >= 0.6 is 0 Å². The molecule has 1 amide bonds. The minimum atomic E-state index is -1.03. The number of fused-ring (bicyclic) bond motifs is 3. The second-order valence-corrected chi connectivity index (χ2v) is 10.2. The first-order valence-corrected chi connectivity index (χ1v) is 12.6. The van der Waals surface area contributed by atoms with E-state index in [0.29, 0.717) is 56.5 Å². The van der Waals surface area contributed by atoms with E-state index in [0.717, 1.165) is 35.3 Å². The molecule has 0 bridgehead atoms. The number of nitro groups is 1. The van der Waals surface area contributed by atoms with Gasteiger partial charge in [0.15, 0.2) is 0 Å². The molecule has 11 heteroatoms. The smallest absolute Gasteiger partial charge is 0.407 e. The first-order chi connectivity index (χ1) is 17.5. The van der Waals surface area contributed by atoms with Crippen molar-refractivity contribution in [3.8, 4) is 17.0 Å². The number of ether oxygens (including phenoxy) is 2. The highest BCUT2D eigenvalue weighted by atomic mass is 16.6. The number of unbranched alkanes of at least 4 members (excludes halogenated alkanes) is 2. The van der Waals surface area contributed by atoms with Crippen molar-refractivity contribution < 1.29 is 29.1 Å². The third-order valence-electron chi connectivity index (χ3n) is 6.16. The summed E-state index contributed by atoms with van der Waals surface area (Å²) in [6.45, 7) is 5.99. The number of carbonyl (C=O) groups is 2. The zero-order valence-corrected chi connectivity index (χ0v) is 22.0. The van der Waals surface area contributed by atoms with Gasteiger partial charge in [0, 0.05) is 35.6 Å². The molecular formula is C26H36N4O7. The van der Waals surface area contributed by atoms with Crippen molar-refractivity contribution in [2.24, 2.45) is 0 Å². The SMILES string of the molecule is COc1cc2c(cc1CCCCC[N+](=O)[O-])-c1nn(CCCNC(=O)OC(C)(C)C)c(C(=O)O)c1CC2. The number of amides is 1. The van der Waals surface area contributed by atoms with Crippen LogP contribution in [0.5, 0.6) is 5.75 Å². The van der Waals surface area contributed by atoms with Crippen molar-refractivity contribution in [1.29, 1.82) is 0 Å². The average molecular weight is 517 g/mol. The molecule has 2 N–H and O–H groups in total. The van der Waals surface area contributed by atoms with Gasteiger partial charge in [-0.2, -0.15) is 5.10 Å². The number of aromatic carboxylic acids is 1. The normalized spacial score (nSPS) is 12.4. The number of hydrogen-bond acceptors (Lipinski definition) is 7. The number of carboxylic acids is 1. The first-order valence-electron chi connectivity index (χ1n) is 12.6. The van der Waals surface area contributed by atoms with Crippen LogP contribution in [-0.2, 0) is 30.5 Å². The molecule has 0 radical (unpaired) electrons. The summed E-state index contributed by atoms with van der Waals surface area (Å²) >= 11 is 0. The fourth-order valence-electron chi connectivity index (χ4n) is 4.56. The third kappa shape index (κ3) is 7.43. The van der Waals surface area contributed by atoms with Gasteiger partial charge in [0.1, 0.15) is 17.0 Å². The first kappa shape index (κ1) is 27.9. The van der Waals surface area contributed by atoms with E-state index in [9.17, 15) is 24.8 Å². The Bertz CT molecular complexity index is 1150. The number of nitrogens with zero attached hydrogens (tertiary/aromatic N) is 3. The van der Waals surface area contributed by atoms with Crippen LogP contribution in [0.15, 0.2) is 12.1 Å². The summed E-state index contributed by atoms with van der Waals surface area (Å²) < 4.78 is 12.4. The number of aromatic nitrogens is 2. The fourth-order valence-corrected chi connectivity index (χ4v) is 4.56. The van der Waals surface area contributed by atoms with Gasteiger partial charge in [-0.05, 0) is 82.6 Å². The van der Waals surface area contributed by atoms with Crippen LogP contribution in [0.1, 0.15) is 73.6 Å². The lowest BCUT2D eigenvalue weighted by Crippen LogP contribution is -2.33. The van der Waals surface area contributed by atoms with Crippen molar-refractivity contribution in [3.63, 3.8) is 0 Å². The summed E-state index contributed by atoms with van der Waals surface area (Å²) in [6, 6.07) is 4.02. The van der Waals surface area contributed by atoms with E-state index in [2.05, 4.69) is 5.32 Å². The van der Waals surface area contributed by atoms with Crippen LogP contribution in [0.3, 0.4) is 0 Å². The van der Waals surface area contributed by atoms with E-state index in [1.807, 2.05) is 12.1 Å². The molecule has 3 rings (SSSR count). The Kier molecular flexibility index (Phi) is 9.12. The Morgan fingerprint density at radius 2 is 1.95 bits per heavy atom. The standard InChI is InChI=1S/C26H36N4O7/c1-26(2,3)37-25(33)27-12-8-13-29-23(24(31)32)19-11-10-17-16-21(36-4)18(15-20(17)22(19)28-29)9-6-5-7-14-30(34)35/h15-16H,5-14H2,1-4H3,(H,27,33)(H,31,32). The maximum Gasteiger partial charge on any atom is 0.407 e. The molecule has 2 aromatic rings. The minimum Gasteiger partial charge on any atom is -0.496 e. The quantitative estimate of drug-likeness (QED) is 0.242. The molecule has 0 saturated heterocycles. The Hall–Kier alpha value is -3.63.